The van der Waals surface area contributed by atoms with Gasteiger partial charge in [0.2, 0.25) is 11.8 Å². The van der Waals surface area contributed by atoms with Crippen LogP contribution in [0.5, 0.6) is 0 Å². The number of carbonyl (C=O) groups excluding carboxylic acids is 3. The molecule has 0 spiro atoms. The summed E-state index contributed by atoms with van der Waals surface area (Å²) in [7, 11) is 0. The number of carbonyl (C=O) groups is 3. The van der Waals surface area contributed by atoms with Gasteiger partial charge in [-0.05, 0) is 48.3 Å². The maximum absolute atomic E-state index is 13.0. The third-order valence-electron chi connectivity index (χ3n) is 6.93. The van der Waals surface area contributed by atoms with E-state index in [9.17, 15) is 14.4 Å². The van der Waals surface area contributed by atoms with E-state index in [1.807, 2.05) is 12.1 Å². The van der Waals surface area contributed by atoms with Crippen LogP contribution in [0.25, 0.3) is 0 Å². The van der Waals surface area contributed by atoms with Gasteiger partial charge in [0.05, 0.1) is 0 Å². The molecule has 1 aromatic rings. The van der Waals surface area contributed by atoms with Crippen LogP contribution < -0.4 is 11.1 Å². The van der Waals surface area contributed by atoms with Gasteiger partial charge in [-0.2, -0.15) is 0 Å². The summed E-state index contributed by atoms with van der Waals surface area (Å²) >= 11 is 0. The topological polar surface area (TPSA) is 95.7 Å². The van der Waals surface area contributed by atoms with E-state index in [-0.39, 0.29) is 24.1 Å². The van der Waals surface area contributed by atoms with Gasteiger partial charge in [-0.25, -0.2) is 0 Å². The molecule has 0 aromatic heterocycles. The van der Waals surface area contributed by atoms with Crippen LogP contribution in [0, 0.1) is 11.8 Å². The van der Waals surface area contributed by atoms with Crippen LogP contribution in [0.1, 0.15) is 47.2 Å². The molecule has 1 aliphatic carbocycles. The van der Waals surface area contributed by atoms with Crippen LogP contribution in [-0.4, -0.2) is 52.7 Å². The van der Waals surface area contributed by atoms with Gasteiger partial charge in [-0.15, -0.1) is 0 Å². The molecule has 4 atom stereocenters. The predicted octanol–water partition coefficient (Wildman–Crippen LogP) is 0.617. The molecule has 1 saturated carbocycles. The Morgan fingerprint density at radius 2 is 2.00 bits per heavy atom. The molecule has 7 nitrogen and oxygen atoms in total. The molecule has 3 fully saturated rings. The molecule has 3 heterocycles. The molecule has 0 radical (unpaired) electrons. The largest absolute Gasteiger partial charge is 0.327 e. The SMILES string of the molecule is NC1CC2CC1CN(Cc1cccc3c1CN(C1CCC(=O)NC1=O)C3=O)C2. The molecule has 7 heteroatoms. The number of fused-ring (bicyclic) bond motifs is 3. The highest BCUT2D eigenvalue weighted by molar-refractivity contribution is 6.05. The minimum absolute atomic E-state index is 0.105. The number of imide groups is 1. The second-order valence-electron chi connectivity index (χ2n) is 8.80. The van der Waals surface area contributed by atoms with Crippen molar-refractivity contribution in [3.8, 4) is 0 Å². The van der Waals surface area contributed by atoms with Crippen LogP contribution >= 0.6 is 0 Å². The molecular weight excluding hydrogens is 356 g/mol. The summed E-state index contributed by atoms with van der Waals surface area (Å²) in [6, 6.07) is 5.64. The van der Waals surface area contributed by atoms with Crippen LogP contribution in [-0.2, 0) is 22.7 Å². The summed E-state index contributed by atoms with van der Waals surface area (Å²) < 4.78 is 0. The van der Waals surface area contributed by atoms with Gasteiger partial charge < -0.3 is 10.6 Å². The van der Waals surface area contributed by atoms with Crippen molar-refractivity contribution in [2.24, 2.45) is 17.6 Å². The van der Waals surface area contributed by atoms with Gasteiger partial charge >= 0.3 is 0 Å². The number of rotatable bonds is 3. The summed E-state index contributed by atoms with van der Waals surface area (Å²) in [5, 5.41) is 2.36. The number of hydrogen-bond acceptors (Lipinski definition) is 5. The fourth-order valence-electron chi connectivity index (χ4n) is 5.57. The monoisotopic (exact) mass is 382 g/mol. The Balaban J connectivity index is 1.35. The van der Waals surface area contributed by atoms with E-state index in [1.54, 1.807) is 4.90 Å². The van der Waals surface area contributed by atoms with E-state index in [4.69, 9.17) is 5.73 Å². The first kappa shape index (κ1) is 17.8. The maximum atomic E-state index is 13.0. The second kappa shape index (κ2) is 6.67. The average Bonchev–Trinajstić information content (AvgIpc) is 3.12. The van der Waals surface area contributed by atoms with Crippen LogP contribution in [0.15, 0.2) is 18.2 Å². The van der Waals surface area contributed by atoms with Crippen molar-refractivity contribution in [3.63, 3.8) is 0 Å². The van der Waals surface area contributed by atoms with E-state index in [0.29, 0.717) is 36.4 Å². The second-order valence-corrected chi connectivity index (χ2v) is 8.80. The lowest BCUT2D eigenvalue weighted by atomic mass is 9.96. The Labute approximate surface area is 164 Å². The molecule has 4 aliphatic rings. The Bertz CT molecular complexity index is 852. The van der Waals surface area contributed by atoms with Crippen molar-refractivity contribution in [2.45, 2.75) is 50.9 Å². The smallest absolute Gasteiger partial charge is 0.255 e. The lowest BCUT2D eigenvalue weighted by Crippen LogP contribution is -2.52. The number of nitrogens with two attached hydrogens (primary N) is 1. The standard InChI is InChI=1S/C21H26N4O3/c22-17-7-12-6-14(17)10-24(8-12)9-13-2-1-3-15-16(13)11-25(21(15)28)18-4-5-19(26)23-20(18)27/h1-3,12,14,17-18H,4-11,22H2,(H,23,26,27). The number of likely N-dealkylation sites (tertiary alicyclic amines) is 1. The molecule has 4 unspecified atom stereocenters. The molecule has 5 rings (SSSR count). The summed E-state index contributed by atoms with van der Waals surface area (Å²) in [4.78, 5) is 40.8. The highest BCUT2D eigenvalue weighted by Gasteiger charge is 2.41. The first-order valence-corrected chi connectivity index (χ1v) is 10.2. The number of benzene rings is 1. The van der Waals surface area contributed by atoms with Crippen LogP contribution in [0.2, 0.25) is 0 Å². The highest BCUT2D eigenvalue weighted by Crippen LogP contribution is 2.37. The zero-order valence-electron chi connectivity index (χ0n) is 15.9. The molecule has 3 amide bonds. The van der Waals surface area contributed by atoms with E-state index in [1.165, 1.54) is 6.42 Å². The lowest BCUT2D eigenvalue weighted by Gasteiger charge is -2.32. The Hall–Kier alpha value is -2.25. The summed E-state index contributed by atoms with van der Waals surface area (Å²) in [5.74, 6) is 0.542. The number of hydrogen-bond donors (Lipinski definition) is 2. The van der Waals surface area contributed by atoms with Crippen molar-refractivity contribution in [1.29, 1.82) is 0 Å². The summed E-state index contributed by atoms with van der Waals surface area (Å²) in [6.07, 6.45) is 3.04. The van der Waals surface area contributed by atoms with E-state index in [2.05, 4.69) is 16.3 Å². The van der Waals surface area contributed by atoms with Gasteiger partial charge in [0.1, 0.15) is 6.04 Å². The van der Waals surface area contributed by atoms with Crippen LogP contribution in [0.4, 0.5) is 0 Å². The molecule has 2 bridgehead atoms. The Kier molecular flexibility index (Phi) is 4.25. The van der Waals surface area contributed by atoms with Gasteiger partial charge in [-0.1, -0.05) is 12.1 Å². The lowest BCUT2D eigenvalue weighted by molar-refractivity contribution is -0.136. The number of nitrogens with one attached hydrogen (secondary N) is 1. The first-order valence-electron chi connectivity index (χ1n) is 10.2. The van der Waals surface area contributed by atoms with Gasteiger partial charge in [0, 0.05) is 44.2 Å². The average molecular weight is 382 g/mol. The third kappa shape index (κ3) is 2.93. The van der Waals surface area contributed by atoms with Crippen molar-refractivity contribution < 1.29 is 14.4 Å². The zero-order chi connectivity index (χ0) is 19.4. The number of nitrogens with zero attached hydrogens (tertiary/aromatic N) is 2. The van der Waals surface area contributed by atoms with Gasteiger partial charge in [-0.3, -0.25) is 24.6 Å². The van der Waals surface area contributed by atoms with Crippen molar-refractivity contribution >= 4 is 17.7 Å². The number of piperidine rings is 2. The van der Waals surface area contributed by atoms with Crippen molar-refractivity contribution in [3.05, 3.63) is 34.9 Å². The highest BCUT2D eigenvalue weighted by atomic mass is 16.2. The van der Waals surface area contributed by atoms with E-state index in [0.717, 1.165) is 37.2 Å². The summed E-state index contributed by atoms with van der Waals surface area (Å²) in [6.45, 7) is 3.35. The molecule has 1 aromatic carbocycles. The van der Waals surface area contributed by atoms with Crippen molar-refractivity contribution in [1.82, 2.24) is 15.1 Å². The fraction of sp³-hybridized carbons (Fsp3) is 0.571. The first-order chi connectivity index (χ1) is 13.5. The Morgan fingerprint density at radius 3 is 2.79 bits per heavy atom. The Morgan fingerprint density at radius 1 is 1.14 bits per heavy atom. The minimum Gasteiger partial charge on any atom is -0.327 e. The quantitative estimate of drug-likeness (QED) is 0.747. The molecule has 2 saturated heterocycles. The number of amides is 3. The van der Waals surface area contributed by atoms with E-state index < -0.39 is 6.04 Å². The maximum Gasteiger partial charge on any atom is 0.255 e. The molecule has 28 heavy (non-hydrogen) atoms. The van der Waals surface area contributed by atoms with Gasteiger partial charge in [0.25, 0.3) is 5.91 Å². The minimum atomic E-state index is -0.561. The molecular formula is C21H26N4O3. The van der Waals surface area contributed by atoms with Gasteiger partial charge in [0.15, 0.2) is 0 Å². The van der Waals surface area contributed by atoms with Crippen LogP contribution in [0.3, 0.4) is 0 Å². The third-order valence-corrected chi connectivity index (χ3v) is 6.93. The molecule has 3 aliphatic heterocycles. The predicted molar refractivity (Wildman–Crippen MR) is 102 cm³/mol. The normalized spacial score (nSPS) is 32.6. The molecule has 148 valence electrons. The van der Waals surface area contributed by atoms with Crippen molar-refractivity contribution in [2.75, 3.05) is 13.1 Å². The summed E-state index contributed by atoms with van der Waals surface area (Å²) in [5.41, 5.74) is 9.15. The fourth-order valence-corrected chi connectivity index (χ4v) is 5.57. The zero-order valence-corrected chi connectivity index (χ0v) is 15.9. The van der Waals surface area contributed by atoms with E-state index >= 15 is 0 Å². The molecule has 3 N–H and O–H groups in total.